The van der Waals surface area contributed by atoms with Gasteiger partial charge in [-0.15, -0.1) is 0 Å². The predicted molar refractivity (Wildman–Crippen MR) is 103 cm³/mol. The summed E-state index contributed by atoms with van der Waals surface area (Å²) in [6, 6.07) is 11.4. The number of halogens is 3. The van der Waals surface area contributed by atoms with E-state index in [4.69, 9.17) is 34.8 Å². The van der Waals surface area contributed by atoms with Crippen LogP contribution >= 0.6 is 34.8 Å². The van der Waals surface area contributed by atoms with Crippen molar-refractivity contribution in [1.29, 1.82) is 0 Å². The SMILES string of the molecule is O=[N+]([O-])c1c(Nc2cccc(Cl)c2)ncnc1Nc1cc(Cl)ccc1Cl. The summed E-state index contributed by atoms with van der Waals surface area (Å²) in [7, 11) is 0. The highest BCUT2D eigenvalue weighted by molar-refractivity contribution is 6.35. The van der Waals surface area contributed by atoms with Crippen molar-refractivity contribution in [3.63, 3.8) is 0 Å². The molecule has 0 amide bonds. The fraction of sp³-hybridized carbons (Fsp3) is 0. The zero-order valence-corrected chi connectivity index (χ0v) is 15.2. The fourth-order valence-corrected chi connectivity index (χ4v) is 2.69. The van der Waals surface area contributed by atoms with E-state index >= 15 is 0 Å². The maximum atomic E-state index is 11.6. The van der Waals surface area contributed by atoms with E-state index in [0.29, 0.717) is 26.4 Å². The van der Waals surface area contributed by atoms with Gasteiger partial charge in [-0.05, 0) is 36.4 Å². The van der Waals surface area contributed by atoms with Crippen molar-refractivity contribution < 1.29 is 4.92 Å². The third-order valence-corrected chi connectivity index (χ3v) is 4.07. The maximum Gasteiger partial charge on any atom is 0.353 e. The second kappa shape index (κ2) is 7.74. The molecule has 0 atom stereocenters. The molecule has 2 aromatic carbocycles. The molecule has 0 spiro atoms. The van der Waals surface area contributed by atoms with E-state index in [1.165, 1.54) is 6.33 Å². The molecule has 26 heavy (non-hydrogen) atoms. The Hall–Kier alpha value is -2.61. The van der Waals surface area contributed by atoms with Crippen LogP contribution in [0.2, 0.25) is 15.1 Å². The summed E-state index contributed by atoms with van der Waals surface area (Å²) in [5.41, 5.74) is 0.587. The molecular weight excluding hydrogens is 401 g/mol. The highest BCUT2D eigenvalue weighted by atomic mass is 35.5. The molecule has 0 saturated carbocycles. The van der Waals surface area contributed by atoms with Crippen molar-refractivity contribution in [3.8, 4) is 0 Å². The Kier molecular flexibility index (Phi) is 5.41. The zero-order chi connectivity index (χ0) is 18.7. The highest BCUT2D eigenvalue weighted by Gasteiger charge is 2.24. The van der Waals surface area contributed by atoms with Crippen LogP contribution in [0.3, 0.4) is 0 Å². The predicted octanol–water partition coefficient (Wildman–Crippen LogP) is 5.83. The Labute approximate surface area is 163 Å². The normalized spacial score (nSPS) is 10.4. The largest absolute Gasteiger partial charge is 0.353 e. The number of anilines is 4. The Morgan fingerprint density at radius 3 is 2.31 bits per heavy atom. The first-order valence-corrected chi connectivity index (χ1v) is 8.31. The van der Waals surface area contributed by atoms with Gasteiger partial charge in [0.15, 0.2) is 0 Å². The van der Waals surface area contributed by atoms with Gasteiger partial charge < -0.3 is 10.6 Å². The van der Waals surface area contributed by atoms with Gasteiger partial charge in [0, 0.05) is 15.7 Å². The molecular formula is C16H10Cl3N5O2. The number of nitrogens with one attached hydrogen (secondary N) is 2. The lowest BCUT2D eigenvalue weighted by Crippen LogP contribution is -2.05. The fourth-order valence-electron chi connectivity index (χ4n) is 2.16. The van der Waals surface area contributed by atoms with Crippen LogP contribution in [0.4, 0.5) is 28.7 Å². The number of nitro groups is 1. The molecule has 3 aromatic rings. The van der Waals surface area contributed by atoms with E-state index in [-0.39, 0.29) is 17.3 Å². The first-order valence-electron chi connectivity index (χ1n) is 7.18. The molecule has 0 fully saturated rings. The summed E-state index contributed by atoms with van der Waals surface area (Å²) in [6.45, 7) is 0. The first-order chi connectivity index (χ1) is 12.4. The molecule has 1 aromatic heterocycles. The van der Waals surface area contributed by atoms with Crippen LogP contribution in [0.15, 0.2) is 48.8 Å². The minimum atomic E-state index is -0.590. The summed E-state index contributed by atoms with van der Waals surface area (Å²) in [5, 5.41) is 18.5. The zero-order valence-electron chi connectivity index (χ0n) is 12.9. The van der Waals surface area contributed by atoms with E-state index < -0.39 is 4.92 Å². The Bertz CT molecular complexity index is 984. The van der Waals surface area contributed by atoms with Crippen LogP contribution < -0.4 is 10.6 Å². The van der Waals surface area contributed by atoms with Crippen molar-refractivity contribution in [2.75, 3.05) is 10.6 Å². The lowest BCUT2D eigenvalue weighted by atomic mass is 10.3. The lowest BCUT2D eigenvalue weighted by molar-refractivity contribution is -0.383. The minimum absolute atomic E-state index is 0.00733. The smallest absolute Gasteiger partial charge is 0.334 e. The second-order valence-electron chi connectivity index (χ2n) is 5.06. The van der Waals surface area contributed by atoms with Crippen LogP contribution in [-0.2, 0) is 0 Å². The van der Waals surface area contributed by atoms with E-state index in [0.717, 1.165) is 0 Å². The van der Waals surface area contributed by atoms with Crippen LogP contribution in [-0.4, -0.2) is 14.9 Å². The molecule has 7 nitrogen and oxygen atoms in total. The van der Waals surface area contributed by atoms with Crippen LogP contribution in [0.25, 0.3) is 0 Å². The quantitative estimate of drug-likeness (QED) is 0.406. The molecule has 132 valence electrons. The number of rotatable bonds is 5. The van der Waals surface area contributed by atoms with Crippen LogP contribution in [0, 0.1) is 10.1 Å². The molecule has 0 aliphatic rings. The van der Waals surface area contributed by atoms with Crippen molar-refractivity contribution in [2.24, 2.45) is 0 Å². The summed E-state index contributed by atoms with van der Waals surface area (Å²) in [6.07, 6.45) is 1.20. The topological polar surface area (TPSA) is 93.0 Å². The summed E-state index contributed by atoms with van der Waals surface area (Å²) >= 11 is 18.0. The Morgan fingerprint density at radius 2 is 1.62 bits per heavy atom. The van der Waals surface area contributed by atoms with E-state index in [2.05, 4.69) is 20.6 Å². The molecule has 0 aliphatic heterocycles. The monoisotopic (exact) mass is 409 g/mol. The van der Waals surface area contributed by atoms with Gasteiger partial charge in [0.05, 0.1) is 15.6 Å². The number of aromatic nitrogens is 2. The first kappa shape index (κ1) is 18.2. The number of hydrogen-bond acceptors (Lipinski definition) is 6. The van der Waals surface area contributed by atoms with Crippen molar-refractivity contribution >= 4 is 63.5 Å². The van der Waals surface area contributed by atoms with Crippen molar-refractivity contribution in [1.82, 2.24) is 9.97 Å². The Balaban J connectivity index is 2.01. The second-order valence-corrected chi connectivity index (χ2v) is 6.34. The van der Waals surface area contributed by atoms with Gasteiger partial charge in [0.25, 0.3) is 0 Å². The van der Waals surface area contributed by atoms with E-state index in [1.54, 1.807) is 42.5 Å². The van der Waals surface area contributed by atoms with E-state index in [9.17, 15) is 10.1 Å². The lowest BCUT2D eigenvalue weighted by Gasteiger charge is -2.11. The molecule has 0 bridgehead atoms. The number of benzene rings is 2. The van der Waals surface area contributed by atoms with Crippen LogP contribution in [0.5, 0.6) is 0 Å². The molecule has 1 heterocycles. The highest BCUT2D eigenvalue weighted by Crippen LogP contribution is 2.35. The van der Waals surface area contributed by atoms with Crippen molar-refractivity contribution in [2.45, 2.75) is 0 Å². The third kappa shape index (κ3) is 4.13. The maximum absolute atomic E-state index is 11.6. The van der Waals surface area contributed by atoms with Gasteiger partial charge in [0.2, 0.25) is 11.6 Å². The summed E-state index contributed by atoms with van der Waals surface area (Å²) in [4.78, 5) is 18.9. The average molecular weight is 411 g/mol. The number of nitrogens with zero attached hydrogens (tertiary/aromatic N) is 3. The average Bonchev–Trinajstić information content (AvgIpc) is 2.58. The van der Waals surface area contributed by atoms with Gasteiger partial charge in [-0.3, -0.25) is 10.1 Å². The van der Waals surface area contributed by atoms with Crippen molar-refractivity contribution in [3.05, 3.63) is 74.0 Å². The minimum Gasteiger partial charge on any atom is -0.334 e. The molecule has 0 aliphatic carbocycles. The molecule has 3 rings (SSSR count). The van der Waals surface area contributed by atoms with Gasteiger partial charge in [-0.1, -0.05) is 40.9 Å². The Morgan fingerprint density at radius 1 is 0.923 bits per heavy atom. The van der Waals surface area contributed by atoms with Gasteiger partial charge in [0.1, 0.15) is 6.33 Å². The van der Waals surface area contributed by atoms with Gasteiger partial charge >= 0.3 is 5.69 Å². The standard InChI is InChI=1S/C16H10Cl3N5O2/c17-9-2-1-3-11(6-9)22-15-14(24(25)26)16(21-8-20-15)23-13-7-10(18)4-5-12(13)19/h1-8H,(H2,20,21,22,23). The van der Waals surface area contributed by atoms with Gasteiger partial charge in [-0.25, -0.2) is 9.97 Å². The van der Waals surface area contributed by atoms with Crippen LogP contribution in [0.1, 0.15) is 0 Å². The van der Waals surface area contributed by atoms with Gasteiger partial charge in [-0.2, -0.15) is 0 Å². The molecule has 10 heteroatoms. The summed E-state index contributed by atoms with van der Waals surface area (Å²) < 4.78 is 0. The number of hydrogen-bond donors (Lipinski definition) is 2. The third-order valence-electron chi connectivity index (χ3n) is 3.27. The molecule has 0 saturated heterocycles. The molecule has 2 N–H and O–H groups in total. The molecule has 0 radical (unpaired) electrons. The molecule has 0 unspecified atom stereocenters. The van der Waals surface area contributed by atoms with E-state index in [1.807, 2.05) is 0 Å². The summed E-state index contributed by atoms with van der Waals surface area (Å²) in [5.74, 6) is -0.0217.